The first-order valence-electron chi connectivity index (χ1n) is 10.9. The van der Waals surface area contributed by atoms with E-state index in [9.17, 15) is 9.59 Å². The van der Waals surface area contributed by atoms with Crippen LogP contribution in [0.2, 0.25) is 5.02 Å². The number of thiophene rings is 1. The SMILES string of the molecule is CNC(=O)n1c(C)c(Cl)c2c(F)c(Oc3ccnc4cc(C(=O)N5CCC(OC)C5)sc34)ccc21. The molecule has 1 saturated heterocycles. The minimum absolute atomic E-state index is 0.0389. The monoisotopic (exact) mass is 516 g/mol. The smallest absolute Gasteiger partial charge is 0.326 e. The van der Waals surface area contributed by atoms with Gasteiger partial charge in [-0.15, -0.1) is 11.3 Å². The molecule has 1 fully saturated rings. The third-order valence-electron chi connectivity index (χ3n) is 6.19. The van der Waals surface area contributed by atoms with Crippen LogP contribution in [0.15, 0.2) is 30.5 Å². The molecular formula is C24H22ClFN4O4S. The third kappa shape index (κ3) is 3.91. The van der Waals surface area contributed by atoms with E-state index in [2.05, 4.69) is 10.3 Å². The fourth-order valence-corrected chi connectivity index (χ4v) is 5.63. The molecule has 3 aromatic heterocycles. The highest BCUT2D eigenvalue weighted by molar-refractivity contribution is 7.21. The summed E-state index contributed by atoms with van der Waals surface area (Å²) in [5, 5.41) is 2.76. The fraction of sp³-hybridized carbons (Fsp3) is 0.292. The topological polar surface area (TPSA) is 85.7 Å². The van der Waals surface area contributed by atoms with E-state index in [1.807, 2.05) is 0 Å². The number of hydrogen-bond donors (Lipinski definition) is 1. The summed E-state index contributed by atoms with van der Waals surface area (Å²) >= 11 is 7.64. The van der Waals surface area contributed by atoms with Crippen LogP contribution in [0.4, 0.5) is 9.18 Å². The highest BCUT2D eigenvalue weighted by Crippen LogP contribution is 2.40. The van der Waals surface area contributed by atoms with Gasteiger partial charge in [0.2, 0.25) is 0 Å². The van der Waals surface area contributed by atoms with Crippen molar-refractivity contribution in [2.24, 2.45) is 0 Å². The number of methoxy groups -OCH3 is 1. The van der Waals surface area contributed by atoms with Crippen LogP contribution in [-0.4, -0.2) is 59.7 Å². The molecule has 1 aliphatic rings. The Kier molecular flexibility index (Phi) is 6.12. The molecule has 4 aromatic rings. The molecule has 2 amide bonds. The van der Waals surface area contributed by atoms with Crippen LogP contribution in [0, 0.1) is 12.7 Å². The highest BCUT2D eigenvalue weighted by Gasteiger charge is 2.28. The van der Waals surface area contributed by atoms with Crippen molar-refractivity contribution in [3.8, 4) is 11.5 Å². The highest BCUT2D eigenvalue weighted by atomic mass is 35.5. The fourth-order valence-electron chi connectivity index (χ4n) is 4.33. The first kappa shape index (κ1) is 23.5. The predicted octanol–water partition coefficient (Wildman–Crippen LogP) is 5.19. The molecule has 0 saturated carbocycles. The van der Waals surface area contributed by atoms with E-state index in [0.29, 0.717) is 45.1 Å². The number of benzene rings is 1. The summed E-state index contributed by atoms with van der Waals surface area (Å²) in [4.78, 5) is 31.9. The summed E-state index contributed by atoms with van der Waals surface area (Å²) in [7, 11) is 3.13. The van der Waals surface area contributed by atoms with Gasteiger partial charge < -0.3 is 19.7 Å². The average molecular weight is 517 g/mol. The molecular weight excluding hydrogens is 495 g/mol. The number of likely N-dealkylation sites (tertiary alicyclic amines) is 1. The van der Waals surface area contributed by atoms with E-state index in [1.54, 1.807) is 43.3 Å². The molecule has 5 rings (SSSR count). The maximum absolute atomic E-state index is 15.5. The second-order valence-corrected chi connectivity index (χ2v) is 9.63. The van der Waals surface area contributed by atoms with Gasteiger partial charge in [-0.05, 0) is 31.5 Å². The van der Waals surface area contributed by atoms with Crippen molar-refractivity contribution >= 4 is 56.0 Å². The Balaban J connectivity index is 1.51. The lowest BCUT2D eigenvalue weighted by atomic mass is 10.2. The Morgan fingerprint density at radius 3 is 2.80 bits per heavy atom. The number of pyridine rings is 1. The van der Waals surface area contributed by atoms with E-state index >= 15 is 4.39 Å². The second-order valence-electron chi connectivity index (χ2n) is 8.20. The molecule has 11 heteroatoms. The zero-order chi connectivity index (χ0) is 24.9. The molecule has 8 nitrogen and oxygen atoms in total. The number of aromatic nitrogens is 2. The first-order valence-corrected chi connectivity index (χ1v) is 12.1. The molecule has 0 radical (unpaired) electrons. The molecule has 1 aliphatic heterocycles. The maximum Gasteiger partial charge on any atom is 0.326 e. The number of hydrogen-bond acceptors (Lipinski definition) is 6. The van der Waals surface area contributed by atoms with Gasteiger partial charge in [-0.25, -0.2) is 9.18 Å². The van der Waals surface area contributed by atoms with E-state index in [-0.39, 0.29) is 28.2 Å². The van der Waals surface area contributed by atoms with Crippen molar-refractivity contribution in [3.63, 3.8) is 0 Å². The average Bonchev–Trinajstić information content (AvgIpc) is 3.57. The lowest BCUT2D eigenvalue weighted by Gasteiger charge is -2.14. The second kappa shape index (κ2) is 9.10. The predicted molar refractivity (Wildman–Crippen MR) is 133 cm³/mol. The largest absolute Gasteiger partial charge is 0.453 e. The third-order valence-corrected chi connectivity index (χ3v) is 7.78. The molecule has 0 aliphatic carbocycles. The lowest BCUT2D eigenvalue weighted by molar-refractivity contribution is 0.0728. The summed E-state index contributed by atoms with van der Waals surface area (Å²) < 4.78 is 28.8. The zero-order valence-electron chi connectivity index (χ0n) is 19.2. The molecule has 0 bridgehead atoms. The van der Waals surface area contributed by atoms with Gasteiger partial charge >= 0.3 is 6.03 Å². The number of halogens is 2. The quantitative estimate of drug-likeness (QED) is 0.403. The number of nitrogens with zero attached hydrogens (tertiary/aromatic N) is 3. The maximum atomic E-state index is 15.5. The summed E-state index contributed by atoms with van der Waals surface area (Å²) in [6.07, 6.45) is 2.38. The van der Waals surface area contributed by atoms with Gasteiger partial charge in [-0.1, -0.05) is 11.6 Å². The van der Waals surface area contributed by atoms with E-state index in [0.717, 1.165) is 6.42 Å². The summed E-state index contributed by atoms with van der Waals surface area (Å²) in [6.45, 7) is 2.81. The molecule has 0 spiro atoms. The Hall–Kier alpha value is -3.21. The molecule has 1 aromatic carbocycles. The Bertz CT molecular complexity index is 1480. The normalized spacial score (nSPS) is 15.8. The minimum Gasteiger partial charge on any atom is -0.453 e. The lowest BCUT2D eigenvalue weighted by Crippen LogP contribution is -2.29. The Morgan fingerprint density at radius 2 is 2.09 bits per heavy atom. The number of fused-ring (bicyclic) bond motifs is 2. The van der Waals surface area contributed by atoms with Crippen LogP contribution in [0.3, 0.4) is 0 Å². The summed E-state index contributed by atoms with van der Waals surface area (Å²) in [5.74, 6) is -0.459. The van der Waals surface area contributed by atoms with Crippen molar-refractivity contribution in [1.82, 2.24) is 19.8 Å². The number of carbonyl (C=O) groups excluding carboxylic acids is 2. The van der Waals surface area contributed by atoms with Gasteiger partial charge in [-0.2, -0.15) is 0 Å². The molecule has 182 valence electrons. The molecule has 1 unspecified atom stereocenters. The van der Waals surface area contributed by atoms with Crippen LogP contribution in [0.5, 0.6) is 11.5 Å². The first-order chi connectivity index (χ1) is 16.8. The number of carbonyl (C=O) groups is 2. The van der Waals surface area contributed by atoms with Crippen molar-refractivity contribution in [1.29, 1.82) is 0 Å². The van der Waals surface area contributed by atoms with Gasteiger partial charge in [0.05, 0.1) is 37.1 Å². The van der Waals surface area contributed by atoms with Crippen molar-refractivity contribution in [2.75, 3.05) is 27.2 Å². The molecule has 35 heavy (non-hydrogen) atoms. The Labute approximate surface area is 209 Å². The minimum atomic E-state index is -0.682. The van der Waals surface area contributed by atoms with Gasteiger partial charge in [0.1, 0.15) is 5.75 Å². The number of ether oxygens (including phenoxy) is 2. The van der Waals surface area contributed by atoms with Crippen molar-refractivity contribution < 1.29 is 23.5 Å². The number of rotatable bonds is 4. The van der Waals surface area contributed by atoms with Gasteiger partial charge in [0.15, 0.2) is 11.6 Å². The van der Waals surface area contributed by atoms with E-state index in [4.69, 9.17) is 21.1 Å². The van der Waals surface area contributed by atoms with Crippen LogP contribution < -0.4 is 10.1 Å². The number of amides is 2. The molecule has 1 N–H and O–H groups in total. The van der Waals surface area contributed by atoms with Gasteiger partial charge in [0, 0.05) is 45.2 Å². The Morgan fingerprint density at radius 1 is 1.29 bits per heavy atom. The van der Waals surface area contributed by atoms with Crippen LogP contribution in [0.1, 0.15) is 21.8 Å². The van der Waals surface area contributed by atoms with Crippen molar-refractivity contribution in [3.05, 3.63) is 51.9 Å². The van der Waals surface area contributed by atoms with Crippen LogP contribution >= 0.6 is 22.9 Å². The molecule has 4 heterocycles. The standard InChI is InChI=1S/C24H22ClFN4O4S/c1-12-20(25)19-15(30(12)24(32)27-2)4-5-16(21(19)26)34-17-6-8-28-14-10-18(35-22(14)17)23(31)29-9-7-13(11-29)33-3/h4-6,8,10,13H,7,9,11H2,1-3H3,(H,27,32). The van der Waals surface area contributed by atoms with E-state index < -0.39 is 11.8 Å². The van der Waals surface area contributed by atoms with E-state index in [1.165, 1.54) is 29.0 Å². The number of nitrogens with one attached hydrogen (secondary N) is 1. The van der Waals surface area contributed by atoms with Crippen molar-refractivity contribution in [2.45, 2.75) is 19.4 Å². The van der Waals surface area contributed by atoms with Crippen LogP contribution in [0.25, 0.3) is 21.1 Å². The molecule has 1 atom stereocenters. The summed E-state index contributed by atoms with van der Waals surface area (Å²) in [5.41, 5.74) is 1.34. The van der Waals surface area contributed by atoms with Crippen LogP contribution in [-0.2, 0) is 4.74 Å². The van der Waals surface area contributed by atoms with Gasteiger partial charge in [0.25, 0.3) is 5.91 Å². The zero-order valence-corrected chi connectivity index (χ0v) is 20.8. The van der Waals surface area contributed by atoms with Gasteiger partial charge in [-0.3, -0.25) is 14.3 Å². The summed E-state index contributed by atoms with van der Waals surface area (Å²) in [6, 6.07) is 5.96.